The Morgan fingerprint density at radius 1 is 0.680 bits per heavy atom. The molecule has 0 N–H and O–H groups in total. The van der Waals surface area contributed by atoms with E-state index < -0.39 is 8.80 Å². The topological polar surface area (TPSA) is 27.7 Å². The van der Waals surface area contributed by atoms with Crippen molar-refractivity contribution < 1.29 is 13.3 Å². The van der Waals surface area contributed by atoms with Crippen molar-refractivity contribution in [2.75, 3.05) is 19.8 Å². The third-order valence-corrected chi connectivity index (χ3v) is 6.66. The zero-order valence-corrected chi connectivity index (χ0v) is 16.4. The highest BCUT2D eigenvalue weighted by Crippen LogP contribution is 2.14. The van der Waals surface area contributed by atoms with Crippen LogP contribution in [0.2, 0.25) is 0 Å². The number of hydrogen-bond donors (Lipinski definition) is 0. The van der Waals surface area contributed by atoms with Crippen LogP contribution in [0.1, 0.15) is 38.7 Å². The summed E-state index contributed by atoms with van der Waals surface area (Å²) in [5.74, 6) is 0. The van der Waals surface area contributed by atoms with Crippen molar-refractivity contribution in [1.82, 2.24) is 0 Å². The van der Waals surface area contributed by atoms with Crippen LogP contribution in [0.3, 0.4) is 0 Å². The summed E-state index contributed by atoms with van der Waals surface area (Å²) in [5, 5.41) is 1.05. The predicted molar refractivity (Wildman–Crippen MR) is 105 cm³/mol. The van der Waals surface area contributed by atoms with Gasteiger partial charge in [0.2, 0.25) is 0 Å². The average Bonchev–Trinajstić information content (AvgIpc) is 2.68. The molecule has 0 amide bonds. The van der Waals surface area contributed by atoms with Crippen LogP contribution in [0, 0.1) is 0 Å². The molecule has 3 nitrogen and oxygen atoms in total. The molecule has 0 unspecified atom stereocenters. The zero-order valence-electron chi connectivity index (χ0n) is 15.4. The molecule has 2 aromatic rings. The molecule has 0 heterocycles. The van der Waals surface area contributed by atoms with Crippen molar-refractivity contribution in [2.45, 2.75) is 39.5 Å². The second-order valence-electron chi connectivity index (χ2n) is 6.06. The van der Waals surface area contributed by atoms with Gasteiger partial charge in [-0.2, -0.15) is 0 Å². The maximum atomic E-state index is 6.34. The highest BCUT2D eigenvalue weighted by atomic mass is 28.4. The molecule has 0 saturated heterocycles. The SMILES string of the molecule is CCCO[Si](OCCC)(OCCCc1ccccc1)c1ccccc1. The Labute approximate surface area is 153 Å². The standard InChI is InChI=1S/C21H30O3Si/c1-3-17-22-25(23-18-4-2,21-15-9-6-10-16-21)24-19-11-14-20-12-7-5-8-13-20/h5-10,12-13,15-16H,3-4,11,14,17-19H2,1-2H3. The van der Waals surface area contributed by atoms with Crippen molar-refractivity contribution in [3.8, 4) is 0 Å². The summed E-state index contributed by atoms with van der Waals surface area (Å²) >= 11 is 0. The molecule has 0 spiro atoms. The fraction of sp³-hybridized carbons (Fsp3) is 0.429. The van der Waals surface area contributed by atoms with Crippen LogP contribution in [0.15, 0.2) is 60.7 Å². The lowest BCUT2D eigenvalue weighted by Gasteiger charge is -2.30. The van der Waals surface area contributed by atoms with Crippen molar-refractivity contribution in [3.05, 3.63) is 66.2 Å². The Balaban J connectivity index is 2.03. The first-order valence-electron chi connectivity index (χ1n) is 9.32. The molecule has 2 rings (SSSR count). The molecule has 4 heteroatoms. The average molecular weight is 359 g/mol. The minimum atomic E-state index is -2.85. The molecule has 0 saturated carbocycles. The van der Waals surface area contributed by atoms with E-state index in [0.717, 1.165) is 30.9 Å². The van der Waals surface area contributed by atoms with Crippen LogP contribution in [0.5, 0.6) is 0 Å². The van der Waals surface area contributed by atoms with E-state index in [2.05, 4.69) is 50.2 Å². The smallest absolute Gasteiger partial charge is 0.370 e. The molecule has 0 aliphatic heterocycles. The van der Waals surface area contributed by atoms with E-state index in [1.54, 1.807) is 0 Å². The Bertz CT molecular complexity index is 566. The normalized spacial score (nSPS) is 11.6. The van der Waals surface area contributed by atoms with E-state index in [9.17, 15) is 0 Å². The van der Waals surface area contributed by atoms with Crippen LogP contribution < -0.4 is 5.19 Å². The maximum Gasteiger partial charge on any atom is 0.537 e. The van der Waals surface area contributed by atoms with E-state index >= 15 is 0 Å². The maximum absolute atomic E-state index is 6.34. The molecule has 0 aromatic heterocycles. The fourth-order valence-corrected chi connectivity index (χ4v) is 5.33. The zero-order chi connectivity index (χ0) is 17.8. The fourth-order valence-electron chi connectivity index (χ4n) is 2.62. The van der Waals surface area contributed by atoms with Gasteiger partial charge in [-0.1, -0.05) is 74.5 Å². The first kappa shape index (κ1) is 19.9. The van der Waals surface area contributed by atoms with E-state index in [-0.39, 0.29) is 0 Å². The third-order valence-electron chi connectivity index (χ3n) is 3.86. The summed E-state index contributed by atoms with van der Waals surface area (Å²) in [7, 11) is -2.85. The monoisotopic (exact) mass is 358 g/mol. The molecular formula is C21H30O3Si. The lowest BCUT2D eigenvalue weighted by Crippen LogP contribution is -2.57. The molecule has 0 aliphatic carbocycles. The van der Waals surface area contributed by atoms with Gasteiger partial charge in [0.15, 0.2) is 0 Å². The Kier molecular flexibility index (Phi) is 8.90. The van der Waals surface area contributed by atoms with E-state index in [4.69, 9.17) is 13.3 Å². The quantitative estimate of drug-likeness (QED) is 0.417. The molecule has 0 fully saturated rings. The van der Waals surface area contributed by atoms with Crippen LogP contribution in [0.4, 0.5) is 0 Å². The Hall–Kier alpha value is -1.46. The van der Waals surface area contributed by atoms with Gasteiger partial charge in [-0.3, -0.25) is 0 Å². The molecule has 0 bridgehead atoms. The molecule has 2 aromatic carbocycles. The van der Waals surface area contributed by atoms with Gasteiger partial charge in [0, 0.05) is 25.0 Å². The van der Waals surface area contributed by atoms with Gasteiger partial charge >= 0.3 is 8.80 Å². The van der Waals surface area contributed by atoms with Crippen molar-refractivity contribution >= 4 is 14.0 Å². The predicted octanol–water partition coefficient (Wildman–Crippen LogP) is 4.34. The van der Waals surface area contributed by atoms with Gasteiger partial charge in [-0.15, -0.1) is 0 Å². The minimum Gasteiger partial charge on any atom is -0.370 e. The molecule has 0 atom stereocenters. The van der Waals surface area contributed by atoms with Crippen LogP contribution in [-0.2, 0) is 19.7 Å². The highest BCUT2D eigenvalue weighted by molar-refractivity contribution is 6.75. The van der Waals surface area contributed by atoms with E-state index in [0.29, 0.717) is 19.8 Å². The van der Waals surface area contributed by atoms with Crippen molar-refractivity contribution in [2.24, 2.45) is 0 Å². The summed E-state index contributed by atoms with van der Waals surface area (Å²) in [4.78, 5) is 0. The number of benzene rings is 2. The summed E-state index contributed by atoms with van der Waals surface area (Å²) in [5.41, 5.74) is 1.34. The van der Waals surface area contributed by atoms with Crippen molar-refractivity contribution in [3.63, 3.8) is 0 Å². The largest absolute Gasteiger partial charge is 0.537 e. The number of aryl methyl sites for hydroxylation is 1. The van der Waals surface area contributed by atoms with Gasteiger partial charge in [-0.05, 0) is 31.2 Å². The molecule has 0 radical (unpaired) electrons. The van der Waals surface area contributed by atoms with Crippen LogP contribution in [-0.4, -0.2) is 28.6 Å². The van der Waals surface area contributed by atoms with Gasteiger partial charge in [0.25, 0.3) is 0 Å². The molecule has 136 valence electrons. The lowest BCUT2D eigenvalue weighted by atomic mass is 10.1. The lowest BCUT2D eigenvalue weighted by molar-refractivity contribution is 0.0723. The van der Waals surface area contributed by atoms with Crippen LogP contribution in [0.25, 0.3) is 0 Å². The second kappa shape index (κ2) is 11.2. The second-order valence-corrected chi connectivity index (χ2v) is 8.61. The molecular weight excluding hydrogens is 328 g/mol. The molecule has 0 aliphatic rings. The summed E-state index contributed by atoms with van der Waals surface area (Å²) in [6, 6.07) is 20.7. The Morgan fingerprint density at radius 2 is 1.20 bits per heavy atom. The number of rotatable bonds is 12. The minimum absolute atomic E-state index is 0.642. The van der Waals surface area contributed by atoms with Gasteiger partial charge < -0.3 is 13.3 Å². The van der Waals surface area contributed by atoms with Gasteiger partial charge in [0.1, 0.15) is 0 Å². The first-order chi connectivity index (χ1) is 12.3. The first-order valence-corrected chi connectivity index (χ1v) is 11.0. The number of hydrogen-bond acceptors (Lipinski definition) is 3. The molecule has 25 heavy (non-hydrogen) atoms. The van der Waals surface area contributed by atoms with E-state index in [1.165, 1.54) is 5.56 Å². The summed E-state index contributed by atoms with van der Waals surface area (Å²) in [6.07, 6.45) is 3.85. The van der Waals surface area contributed by atoms with Gasteiger partial charge in [0.05, 0.1) is 0 Å². The highest BCUT2D eigenvalue weighted by Gasteiger charge is 2.43. The van der Waals surface area contributed by atoms with E-state index in [1.807, 2.05) is 24.3 Å². The van der Waals surface area contributed by atoms with Crippen LogP contribution >= 0.6 is 0 Å². The summed E-state index contributed by atoms with van der Waals surface area (Å²) < 4.78 is 18.8. The van der Waals surface area contributed by atoms with Gasteiger partial charge in [-0.25, -0.2) is 0 Å². The Morgan fingerprint density at radius 3 is 1.76 bits per heavy atom. The third kappa shape index (κ3) is 6.40. The summed E-state index contributed by atoms with van der Waals surface area (Å²) in [6.45, 7) is 6.18. The van der Waals surface area contributed by atoms with Crippen molar-refractivity contribution in [1.29, 1.82) is 0 Å².